The van der Waals surface area contributed by atoms with E-state index in [1.807, 2.05) is 0 Å². The summed E-state index contributed by atoms with van der Waals surface area (Å²) in [5.41, 5.74) is 11.4. The van der Waals surface area contributed by atoms with Crippen LogP contribution in [0.5, 0.6) is 5.75 Å². The van der Waals surface area contributed by atoms with Crippen molar-refractivity contribution in [3.8, 4) is 5.75 Å². The number of carbonyl (C=O) groups is 2. The second-order valence-electron chi connectivity index (χ2n) is 5.40. The molecule has 1 aromatic carbocycles. The van der Waals surface area contributed by atoms with E-state index in [0.717, 1.165) is 0 Å². The van der Waals surface area contributed by atoms with Gasteiger partial charge in [0.1, 0.15) is 5.75 Å². The molecule has 0 bridgehead atoms. The first-order valence-corrected chi connectivity index (χ1v) is 6.39. The monoisotopic (exact) mass is 277 g/mol. The summed E-state index contributed by atoms with van der Waals surface area (Å²) in [4.78, 5) is 25.5. The molecule has 1 aromatic rings. The summed E-state index contributed by atoms with van der Waals surface area (Å²) in [6, 6.07) is 4.89. The zero-order chi connectivity index (χ0) is 14.9. The van der Waals surface area contributed by atoms with Crippen molar-refractivity contribution >= 4 is 17.5 Å². The molecule has 6 heteroatoms. The lowest BCUT2D eigenvalue weighted by Gasteiger charge is -2.21. The number of anilines is 1. The van der Waals surface area contributed by atoms with Crippen LogP contribution in [0.2, 0.25) is 0 Å². The van der Waals surface area contributed by atoms with Gasteiger partial charge in [-0.15, -0.1) is 0 Å². The van der Waals surface area contributed by atoms with Gasteiger partial charge in [-0.05, 0) is 25.5 Å². The molecule has 6 nitrogen and oxygen atoms in total. The summed E-state index contributed by atoms with van der Waals surface area (Å²) in [5, 5.41) is 0. The van der Waals surface area contributed by atoms with Crippen LogP contribution in [0.25, 0.3) is 0 Å². The van der Waals surface area contributed by atoms with E-state index >= 15 is 0 Å². The van der Waals surface area contributed by atoms with Gasteiger partial charge in [0.25, 0.3) is 5.91 Å². The number of ether oxygens (including phenoxy) is 1. The minimum absolute atomic E-state index is 0.166. The Morgan fingerprint density at radius 2 is 2.05 bits per heavy atom. The number of likely N-dealkylation sites (tertiary alicyclic amines) is 1. The van der Waals surface area contributed by atoms with Crippen molar-refractivity contribution < 1.29 is 14.3 Å². The lowest BCUT2D eigenvalue weighted by Crippen LogP contribution is -2.38. The van der Waals surface area contributed by atoms with Gasteiger partial charge in [-0.1, -0.05) is 0 Å². The molecule has 1 heterocycles. The minimum Gasteiger partial charge on any atom is -0.497 e. The Hall–Kier alpha value is -2.24. The number of benzene rings is 1. The smallest absolute Gasteiger partial charge is 0.254 e. The molecule has 20 heavy (non-hydrogen) atoms. The maximum atomic E-state index is 12.4. The molecule has 4 N–H and O–H groups in total. The molecule has 2 rings (SSSR count). The highest BCUT2D eigenvalue weighted by Crippen LogP contribution is 2.31. The topological polar surface area (TPSA) is 98.7 Å². The third-order valence-corrected chi connectivity index (χ3v) is 3.77. The van der Waals surface area contributed by atoms with Crippen LogP contribution in [0.1, 0.15) is 23.7 Å². The highest BCUT2D eigenvalue weighted by atomic mass is 16.5. The zero-order valence-electron chi connectivity index (χ0n) is 11.7. The van der Waals surface area contributed by atoms with E-state index in [9.17, 15) is 9.59 Å². The van der Waals surface area contributed by atoms with Gasteiger partial charge in [0.05, 0.1) is 12.5 Å². The minimum atomic E-state index is -0.653. The first kappa shape index (κ1) is 14.2. The van der Waals surface area contributed by atoms with Crippen molar-refractivity contribution in [2.24, 2.45) is 11.1 Å². The van der Waals surface area contributed by atoms with E-state index in [-0.39, 0.29) is 11.8 Å². The lowest BCUT2D eigenvalue weighted by atomic mass is 9.89. The maximum Gasteiger partial charge on any atom is 0.254 e. The average molecular weight is 277 g/mol. The Morgan fingerprint density at radius 1 is 1.35 bits per heavy atom. The van der Waals surface area contributed by atoms with Crippen molar-refractivity contribution in [3.63, 3.8) is 0 Å². The quantitative estimate of drug-likeness (QED) is 0.791. The normalized spacial score (nSPS) is 21.8. The molecule has 1 saturated heterocycles. The van der Waals surface area contributed by atoms with Crippen LogP contribution in [0.4, 0.5) is 5.69 Å². The van der Waals surface area contributed by atoms with Gasteiger partial charge in [-0.25, -0.2) is 0 Å². The molecule has 0 radical (unpaired) electrons. The van der Waals surface area contributed by atoms with Crippen LogP contribution < -0.4 is 16.2 Å². The van der Waals surface area contributed by atoms with E-state index in [2.05, 4.69) is 0 Å². The molecular weight excluding hydrogens is 258 g/mol. The van der Waals surface area contributed by atoms with Crippen molar-refractivity contribution in [2.75, 3.05) is 25.9 Å². The fourth-order valence-corrected chi connectivity index (χ4v) is 2.38. The van der Waals surface area contributed by atoms with Crippen LogP contribution >= 0.6 is 0 Å². The van der Waals surface area contributed by atoms with Gasteiger partial charge in [0.15, 0.2) is 0 Å². The molecule has 0 aromatic heterocycles. The Balaban J connectivity index is 2.21. The number of methoxy groups -OCH3 is 1. The summed E-state index contributed by atoms with van der Waals surface area (Å²) >= 11 is 0. The highest BCUT2D eigenvalue weighted by Gasteiger charge is 2.40. The Labute approximate surface area is 117 Å². The van der Waals surface area contributed by atoms with Crippen molar-refractivity contribution in [1.29, 1.82) is 0 Å². The lowest BCUT2D eigenvalue weighted by molar-refractivity contribution is -0.126. The second-order valence-corrected chi connectivity index (χ2v) is 5.40. The van der Waals surface area contributed by atoms with Crippen molar-refractivity contribution in [2.45, 2.75) is 13.3 Å². The molecule has 0 saturated carbocycles. The molecule has 1 unspecified atom stereocenters. The van der Waals surface area contributed by atoms with Crippen LogP contribution in [-0.2, 0) is 4.79 Å². The SMILES string of the molecule is COc1cc(N)cc(C(=O)N2CCC(C)(C(N)=O)C2)c1. The van der Waals surface area contributed by atoms with Crippen LogP contribution in [0.3, 0.4) is 0 Å². The summed E-state index contributed by atoms with van der Waals surface area (Å²) in [6.45, 7) is 2.62. The number of hydrogen-bond acceptors (Lipinski definition) is 4. The number of rotatable bonds is 3. The number of nitrogen functional groups attached to an aromatic ring is 1. The van der Waals surface area contributed by atoms with Gasteiger partial charge >= 0.3 is 0 Å². The van der Waals surface area contributed by atoms with Crippen LogP contribution in [0, 0.1) is 5.41 Å². The number of nitrogens with two attached hydrogens (primary N) is 2. The van der Waals surface area contributed by atoms with Gasteiger partial charge < -0.3 is 21.1 Å². The molecule has 108 valence electrons. The molecule has 1 aliphatic heterocycles. The van der Waals surface area contributed by atoms with Crippen molar-refractivity contribution in [1.82, 2.24) is 4.90 Å². The van der Waals surface area contributed by atoms with E-state index in [4.69, 9.17) is 16.2 Å². The third-order valence-electron chi connectivity index (χ3n) is 3.77. The summed E-state index contributed by atoms with van der Waals surface area (Å²) in [5.74, 6) is -0.0104. The molecule has 1 fully saturated rings. The predicted molar refractivity (Wildman–Crippen MR) is 75.2 cm³/mol. The fourth-order valence-electron chi connectivity index (χ4n) is 2.38. The molecule has 2 amide bonds. The average Bonchev–Trinajstić information content (AvgIpc) is 2.81. The Bertz CT molecular complexity index is 559. The third kappa shape index (κ3) is 2.54. The van der Waals surface area contributed by atoms with Gasteiger partial charge in [0.2, 0.25) is 5.91 Å². The molecule has 1 atom stereocenters. The van der Waals surface area contributed by atoms with Crippen molar-refractivity contribution in [3.05, 3.63) is 23.8 Å². The molecular formula is C14H19N3O3. The predicted octanol–water partition coefficient (Wildman–Crippen LogP) is 0.615. The van der Waals surface area contributed by atoms with E-state index in [1.54, 1.807) is 30.0 Å². The number of hydrogen-bond donors (Lipinski definition) is 2. The standard InChI is InChI=1S/C14H19N3O3/c1-14(13(16)19)3-4-17(8-14)12(18)9-5-10(15)7-11(6-9)20-2/h5-7H,3-4,8,15H2,1-2H3,(H2,16,19). The highest BCUT2D eigenvalue weighted by molar-refractivity contribution is 5.96. The van der Waals surface area contributed by atoms with E-state index in [1.165, 1.54) is 7.11 Å². The van der Waals surface area contributed by atoms with Gasteiger partial charge in [-0.2, -0.15) is 0 Å². The van der Waals surface area contributed by atoms with Gasteiger partial charge in [-0.3, -0.25) is 9.59 Å². The molecule has 0 spiro atoms. The molecule has 1 aliphatic rings. The summed E-state index contributed by atoms with van der Waals surface area (Å²) < 4.78 is 5.10. The summed E-state index contributed by atoms with van der Waals surface area (Å²) in [6.07, 6.45) is 0.577. The van der Waals surface area contributed by atoms with Crippen LogP contribution in [-0.4, -0.2) is 36.9 Å². The van der Waals surface area contributed by atoms with E-state index in [0.29, 0.717) is 36.5 Å². The first-order valence-electron chi connectivity index (χ1n) is 6.39. The molecule has 0 aliphatic carbocycles. The number of nitrogens with zero attached hydrogens (tertiary/aromatic N) is 1. The van der Waals surface area contributed by atoms with Crippen LogP contribution in [0.15, 0.2) is 18.2 Å². The zero-order valence-corrected chi connectivity index (χ0v) is 11.7. The Morgan fingerprint density at radius 3 is 2.60 bits per heavy atom. The maximum absolute atomic E-state index is 12.4. The number of primary amides is 1. The van der Waals surface area contributed by atoms with E-state index < -0.39 is 5.41 Å². The number of amides is 2. The fraction of sp³-hybridized carbons (Fsp3) is 0.429. The second kappa shape index (κ2) is 5.03. The Kier molecular flexibility index (Phi) is 3.57. The largest absolute Gasteiger partial charge is 0.497 e. The van der Waals surface area contributed by atoms with Gasteiger partial charge in [0, 0.05) is 30.4 Å². The summed E-state index contributed by atoms with van der Waals surface area (Å²) in [7, 11) is 1.52. The first-order chi connectivity index (χ1) is 9.35. The number of carbonyl (C=O) groups excluding carboxylic acids is 2.